The topological polar surface area (TPSA) is 97.0 Å². The number of nitrogens with zero attached hydrogens (tertiary/aromatic N) is 1. The van der Waals surface area contributed by atoms with Crippen LogP contribution in [0.1, 0.15) is 68.1 Å². The van der Waals surface area contributed by atoms with Crippen LogP contribution in [-0.2, 0) is 14.3 Å². The molecule has 3 fully saturated rings. The second kappa shape index (κ2) is 9.94. The van der Waals surface area contributed by atoms with Crippen molar-refractivity contribution in [2.45, 2.75) is 76.0 Å². The third kappa shape index (κ3) is 5.22. The van der Waals surface area contributed by atoms with Crippen molar-refractivity contribution >= 4 is 23.4 Å². The molecule has 2 N–H and O–H groups in total. The van der Waals surface area contributed by atoms with Gasteiger partial charge in [-0.15, -0.1) is 0 Å². The summed E-state index contributed by atoms with van der Waals surface area (Å²) in [6.07, 6.45) is 7.81. The fraction of sp³-hybridized carbons (Fsp3) is 0.654. The second-order valence-electron chi connectivity index (χ2n) is 10.3. The van der Waals surface area contributed by atoms with Gasteiger partial charge in [0.1, 0.15) is 18.5 Å². The molecule has 5 rings (SSSR count). The molecule has 0 bridgehead atoms. The molecule has 2 heterocycles. The molecule has 2 aliphatic carbocycles. The van der Waals surface area contributed by atoms with Gasteiger partial charge in [0.05, 0.1) is 24.1 Å². The van der Waals surface area contributed by atoms with Crippen molar-refractivity contribution in [3.63, 3.8) is 0 Å². The summed E-state index contributed by atoms with van der Waals surface area (Å²) in [6, 6.07) is 5.13. The van der Waals surface area contributed by atoms with Crippen molar-refractivity contribution in [2.75, 3.05) is 25.5 Å². The van der Waals surface area contributed by atoms with Crippen molar-refractivity contribution in [3.05, 3.63) is 23.8 Å². The second-order valence-corrected chi connectivity index (χ2v) is 10.3. The van der Waals surface area contributed by atoms with Crippen molar-refractivity contribution < 1.29 is 23.9 Å². The molecule has 2 aliphatic heterocycles. The summed E-state index contributed by atoms with van der Waals surface area (Å²) in [5.41, 5.74) is 1.07. The Hall–Kier alpha value is -2.61. The van der Waals surface area contributed by atoms with Gasteiger partial charge in [0.25, 0.3) is 5.91 Å². The van der Waals surface area contributed by atoms with E-state index in [0.717, 1.165) is 45.1 Å². The minimum absolute atomic E-state index is 0.0259. The van der Waals surface area contributed by atoms with E-state index >= 15 is 0 Å². The molecule has 0 aromatic heterocycles. The van der Waals surface area contributed by atoms with Crippen LogP contribution in [0, 0.1) is 11.8 Å². The first kappa shape index (κ1) is 23.1. The van der Waals surface area contributed by atoms with E-state index in [2.05, 4.69) is 10.6 Å². The standard InChI is InChI=1S/C26H35N3O5/c1-29-21-10-9-19(13-24(30)27-14-16-6-7-16)34-23(21)15-33-22-11-8-18(12-20(22)26(29)32)28-25(31)17-4-2-3-5-17/h8,11-12,16-17,19,21,23H,2-7,9-10,13-15H2,1H3,(H,27,30)(H,28,31)/t19-,21+,23+/m1/s1. The number of hydrogen-bond donors (Lipinski definition) is 2. The van der Waals surface area contributed by atoms with Gasteiger partial charge in [-0.05, 0) is 62.6 Å². The number of nitrogens with one attached hydrogen (secondary N) is 2. The number of amides is 3. The number of fused-ring (bicyclic) bond motifs is 2. The predicted molar refractivity (Wildman–Crippen MR) is 127 cm³/mol. The first-order chi connectivity index (χ1) is 16.5. The van der Waals surface area contributed by atoms with E-state index in [1.54, 1.807) is 30.1 Å². The molecule has 8 nitrogen and oxygen atoms in total. The molecule has 1 saturated heterocycles. The summed E-state index contributed by atoms with van der Waals surface area (Å²) >= 11 is 0. The lowest BCUT2D eigenvalue weighted by molar-refractivity contribution is -0.134. The zero-order valence-electron chi connectivity index (χ0n) is 19.9. The quantitative estimate of drug-likeness (QED) is 0.667. The van der Waals surface area contributed by atoms with Gasteiger partial charge in [-0.1, -0.05) is 12.8 Å². The van der Waals surface area contributed by atoms with E-state index in [-0.39, 0.29) is 41.9 Å². The molecule has 0 radical (unpaired) electrons. The summed E-state index contributed by atoms with van der Waals surface area (Å²) in [4.78, 5) is 39.9. The average molecular weight is 470 g/mol. The van der Waals surface area contributed by atoms with Gasteiger partial charge in [-0.3, -0.25) is 14.4 Å². The molecule has 0 unspecified atom stereocenters. The highest BCUT2D eigenvalue weighted by atomic mass is 16.5. The normalized spacial score (nSPS) is 27.1. The van der Waals surface area contributed by atoms with Crippen LogP contribution in [0.5, 0.6) is 5.75 Å². The molecule has 3 atom stereocenters. The highest BCUT2D eigenvalue weighted by Crippen LogP contribution is 2.33. The highest BCUT2D eigenvalue weighted by Gasteiger charge is 2.39. The minimum Gasteiger partial charge on any atom is -0.490 e. The summed E-state index contributed by atoms with van der Waals surface area (Å²) in [7, 11) is 1.80. The minimum atomic E-state index is -0.293. The first-order valence-corrected chi connectivity index (χ1v) is 12.7. The monoisotopic (exact) mass is 469 g/mol. The molecular formula is C26H35N3O5. The Morgan fingerprint density at radius 3 is 2.65 bits per heavy atom. The predicted octanol–water partition coefficient (Wildman–Crippen LogP) is 3.11. The van der Waals surface area contributed by atoms with Crippen LogP contribution in [0.2, 0.25) is 0 Å². The third-order valence-corrected chi connectivity index (χ3v) is 7.70. The van der Waals surface area contributed by atoms with Crippen LogP contribution in [0.4, 0.5) is 5.69 Å². The maximum absolute atomic E-state index is 13.4. The molecule has 2 saturated carbocycles. The van der Waals surface area contributed by atoms with E-state index in [9.17, 15) is 14.4 Å². The molecule has 34 heavy (non-hydrogen) atoms. The zero-order chi connectivity index (χ0) is 23.7. The molecule has 1 aromatic carbocycles. The maximum atomic E-state index is 13.4. The number of likely N-dealkylation sites (N-methyl/N-ethyl adjacent to an activating group) is 1. The SMILES string of the molecule is CN1C(=O)c2cc(NC(=O)C3CCCC3)ccc2OC[C@@H]2O[C@@H](CC(=O)NCC3CC3)CC[C@@H]21. The smallest absolute Gasteiger partial charge is 0.257 e. The number of anilines is 1. The Morgan fingerprint density at radius 1 is 1.09 bits per heavy atom. The fourth-order valence-electron chi connectivity index (χ4n) is 5.40. The summed E-state index contributed by atoms with van der Waals surface area (Å²) in [5.74, 6) is 1.10. The highest BCUT2D eigenvalue weighted by molar-refractivity contribution is 6.00. The Balaban J connectivity index is 1.23. The van der Waals surface area contributed by atoms with E-state index in [1.165, 1.54) is 12.8 Å². The van der Waals surface area contributed by atoms with Crippen molar-refractivity contribution in [1.29, 1.82) is 0 Å². The largest absolute Gasteiger partial charge is 0.490 e. The number of rotatable bonds is 6. The summed E-state index contributed by atoms with van der Waals surface area (Å²) in [5, 5.41) is 5.99. The summed E-state index contributed by atoms with van der Waals surface area (Å²) < 4.78 is 12.3. The molecule has 1 aromatic rings. The van der Waals surface area contributed by atoms with Crippen molar-refractivity contribution in [1.82, 2.24) is 10.2 Å². The first-order valence-electron chi connectivity index (χ1n) is 12.7. The zero-order valence-corrected chi connectivity index (χ0v) is 19.9. The average Bonchev–Trinajstić information content (AvgIpc) is 3.50. The number of hydrogen-bond acceptors (Lipinski definition) is 5. The van der Waals surface area contributed by atoms with Gasteiger partial charge >= 0.3 is 0 Å². The Bertz CT molecular complexity index is 940. The molecule has 0 spiro atoms. The van der Waals surface area contributed by atoms with Crippen molar-refractivity contribution in [3.8, 4) is 5.75 Å². The number of benzene rings is 1. The van der Waals surface area contributed by atoms with E-state index in [4.69, 9.17) is 9.47 Å². The Morgan fingerprint density at radius 2 is 1.88 bits per heavy atom. The summed E-state index contributed by atoms with van der Waals surface area (Å²) in [6.45, 7) is 1.07. The van der Waals surface area contributed by atoms with Crippen LogP contribution in [0.15, 0.2) is 18.2 Å². The van der Waals surface area contributed by atoms with E-state index < -0.39 is 0 Å². The third-order valence-electron chi connectivity index (χ3n) is 7.70. The van der Waals surface area contributed by atoms with Crippen LogP contribution in [-0.4, -0.2) is 61.1 Å². The number of carbonyl (C=O) groups is 3. The lowest BCUT2D eigenvalue weighted by Crippen LogP contribution is -2.54. The Kier molecular flexibility index (Phi) is 6.77. The van der Waals surface area contributed by atoms with Gasteiger partial charge in [0.2, 0.25) is 11.8 Å². The fourth-order valence-corrected chi connectivity index (χ4v) is 5.40. The molecule has 4 aliphatic rings. The van der Waals surface area contributed by atoms with Crippen LogP contribution >= 0.6 is 0 Å². The lowest BCUT2D eigenvalue weighted by atomic mass is 9.94. The number of carbonyl (C=O) groups excluding carboxylic acids is 3. The maximum Gasteiger partial charge on any atom is 0.257 e. The van der Waals surface area contributed by atoms with Gasteiger partial charge < -0.3 is 25.0 Å². The van der Waals surface area contributed by atoms with Gasteiger partial charge in [-0.2, -0.15) is 0 Å². The molecular weight excluding hydrogens is 434 g/mol. The van der Waals surface area contributed by atoms with Crippen LogP contribution in [0.3, 0.4) is 0 Å². The van der Waals surface area contributed by atoms with Crippen LogP contribution < -0.4 is 15.4 Å². The van der Waals surface area contributed by atoms with E-state index in [0.29, 0.717) is 35.9 Å². The van der Waals surface area contributed by atoms with E-state index in [1.807, 2.05) is 0 Å². The number of ether oxygens (including phenoxy) is 2. The van der Waals surface area contributed by atoms with Crippen molar-refractivity contribution in [2.24, 2.45) is 11.8 Å². The molecule has 3 amide bonds. The Labute approximate surface area is 200 Å². The van der Waals surface area contributed by atoms with Gasteiger partial charge in [0, 0.05) is 25.2 Å². The molecule has 184 valence electrons. The van der Waals surface area contributed by atoms with Gasteiger partial charge in [0.15, 0.2) is 0 Å². The molecule has 8 heteroatoms. The van der Waals surface area contributed by atoms with Crippen LogP contribution in [0.25, 0.3) is 0 Å². The lowest BCUT2D eigenvalue weighted by Gasteiger charge is -2.42. The van der Waals surface area contributed by atoms with Gasteiger partial charge in [-0.25, -0.2) is 0 Å².